The number of nitrogens with one attached hydrogen (secondary N) is 2. The van der Waals surface area contributed by atoms with Gasteiger partial charge in [-0.2, -0.15) is 0 Å². The lowest BCUT2D eigenvalue weighted by Gasteiger charge is -2.20. The van der Waals surface area contributed by atoms with E-state index in [1.807, 2.05) is 60.7 Å². The maximum Gasteiger partial charge on any atom is 0.257 e. The largest absolute Gasteiger partial charge is 0.486 e. The fourth-order valence-electron chi connectivity index (χ4n) is 3.35. The van der Waals surface area contributed by atoms with Crippen molar-refractivity contribution in [2.24, 2.45) is 0 Å². The van der Waals surface area contributed by atoms with Gasteiger partial charge in [0.15, 0.2) is 11.5 Å². The summed E-state index contributed by atoms with van der Waals surface area (Å²) in [5.41, 5.74) is 2.50. The topological polar surface area (TPSA) is 76.7 Å². The van der Waals surface area contributed by atoms with Crippen LogP contribution in [0.4, 0.5) is 0 Å². The Morgan fingerprint density at radius 2 is 1.28 bits per heavy atom. The van der Waals surface area contributed by atoms with E-state index in [-0.39, 0.29) is 5.57 Å². The van der Waals surface area contributed by atoms with Gasteiger partial charge in [0.2, 0.25) is 0 Å². The van der Waals surface area contributed by atoms with Crippen LogP contribution >= 0.6 is 0 Å². The normalized spacial score (nSPS) is 11.9. The predicted molar refractivity (Wildman–Crippen MR) is 122 cm³/mol. The summed E-state index contributed by atoms with van der Waals surface area (Å²) in [5, 5.41) is 5.68. The van der Waals surface area contributed by atoms with Crippen LogP contribution in [0.25, 0.3) is 6.08 Å². The lowest BCUT2D eigenvalue weighted by atomic mass is 10.1. The fourth-order valence-corrected chi connectivity index (χ4v) is 3.35. The second kappa shape index (κ2) is 10.3. The van der Waals surface area contributed by atoms with Crippen molar-refractivity contribution >= 4 is 17.9 Å². The van der Waals surface area contributed by atoms with E-state index in [1.165, 1.54) is 0 Å². The SMILES string of the molecule is O=C(NCc1ccccc1)C(=Cc1cccc2c1OCCO2)C(=O)NCc1ccccc1. The van der Waals surface area contributed by atoms with E-state index in [2.05, 4.69) is 10.6 Å². The van der Waals surface area contributed by atoms with E-state index in [1.54, 1.807) is 24.3 Å². The molecule has 0 radical (unpaired) electrons. The van der Waals surface area contributed by atoms with Gasteiger partial charge >= 0.3 is 0 Å². The number of rotatable bonds is 7. The molecule has 4 rings (SSSR count). The van der Waals surface area contributed by atoms with E-state index in [0.29, 0.717) is 43.4 Å². The average molecular weight is 428 g/mol. The minimum atomic E-state index is -0.464. The van der Waals surface area contributed by atoms with Crippen LogP contribution in [0, 0.1) is 0 Å². The minimum absolute atomic E-state index is 0.000522. The maximum absolute atomic E-state index is 13.0. The number of fused-ring (bicyclic) bond motifs is 1. The molecule has 3 aromatic rings. The van der Waals surface area contributed by atoms with Crippen LogP contribution in [-0.2, 0) is 22.7 Å². The Balaban J connectivity index is 1.57. The molecule has 32 heavy (non-hydrogen) atoms. The molecule has 6 heteroatoms. The highest BCUT2D eigenvalue weighted by Crippen LogP contribution is 2.34. The van der Waals surface area contributed by atoms with E-state index in [4.69, 9.17) is 9.47 Å². The Morgan fingerprint density at radius 3 is 1.88 bits per heavy atom. The van der Waals surface area contributed by atoms with Gasteiger partial charge < -0.3 is 20.1 Å². The molecule has 0 bridgehead atoms. The summed E-state index contributed by atoms with van der Waals surface area (Å²) >= 11 is 0. The van der Waals surface area contributed by atoms with E-state index in [0.717, 1.165) is 11.1 Å². The Hall–Kier alpha value is -4.06. The molecule has 3 aromatic carbocycles. The van der Waals surface area contributed by atoms with Crippen LogP contribution in [0.5, 0.6) is 11.5 Å². The number of hydrogen-bond donors (Lipinski definition) is 2. The summed E-state index contributed by atoms with van der Waals surface area (Å²) in [7, 11) is 0. The highest BCUT2D eigenvalue weighted by atomic mass is 16.6. The zero-order valence-corrected chi connectivity index (χ0v) is 17.5. The number of carbonyl (C=O) groups is 2. The molecule has 0 spiro atoms. The highest BCUT2D eigenvalue weighted by Gasteiger charge is 2.21. The van der Waals surface area contributed by atoms with E-state index >= 15 is 0 Å². The number of ether oxygens (including phenoxy) is 2. The summed E-state index contributed by atoms with van der Waals surface area (Å²) in [6, 6.07) is 24.5. The van der Waals surface area contributed by atoms with Gasteiger partial charge in [-0.1, -0.05) is 72.8 Å². The van der Waals surface area contributed by atoms with Crippen molar-refractivity contribution in [2.75, 3.05) is 13.2 Å². The summed E-state index contributed by atoms with van der Waals surface area (Å²) in [6.07, 6.45) is 1.55. The molecular weight excluding hydrogens is 404 g/mol. The number of para-hydroxylation sites is 1. The van der Waals surface area contributed by atoms with Gasteiger partial charge in [0.1, 0.15) is 18.8 Å². The molecular formula is C26H24N2O4. The first-order valence-electron chi connectivity index (χ1n) is 10.5. The fraction of sp³-hybridized carbons (Fsp3) is 0.154. The van der Waals surface area contributed by atoms with Crippen molar-refractivity contribution in [3.05, 3.63) is 101 Å². The van der Waals surface area contributed by atoms with Crippen molar-refractivity contribution < 1.29 is 19.1 Å². The molecule has 2 amide bonds. The first-order chi connectivity index (χ1) is 15.7. The van der Waals surface area contributed by atoms with E-state index < -0.39 is 11.8 Å². The van der Waals surface area contributed by atoms with Crippen molar-refractivity contribution in [1.82, 2.24) is 10.6 Å². The smallest absolute Gasteiger partial charge is 0.257 e. The maximum atomic E-state index is 13.0. The molecule has 0 atom stereocenters. The number of amides is 2. The van der Waals surface area contributed by atoms with E-state index in [9.17, 15) is 9.59 Å². The first-order valence-corrected chi connectivity index (χ1v) is 10.5. The molecule has 1 heterocycles. The molecule has 6 nitrogen and oxygen atoms in total. The van der Waals surface area contributed by atoms with Crippen molar-refractivity contribution in [3.8, 4) is 11.5 Å². The highest BCUT2D eigenvalue weighted by molar-refractivity contribution is 6.21. The van der Waals surface area contributed by atoms with Crippen LogP contribution < -0.4 is 20.1 Å². The second-order valence-electron chi connectivity index (χ2n) is 7.27. The van der Waals surface area contributed by atoms with Crippen LogP contribution in [0.1, 0.15) is 16.7 Å². The van der Waals surface area contributed by atoms with Crippen molar-refractivity contribution in [2.45, 2.75) is 13.1 Å². The second-order valence-corrected chi connectivity index (χ2v) is 7.27. The lowest BCUT2D eigenvalue weighted by Crippen LogP contribution is -2.34. The summed E-state index contributed by atoms with van der Waals surface area (Å²) < 4.78 is 11.4. The standard InChI is InChI=1S/C26H24N2O4/c29-25(27-17-19-8-3-1-4-9-19)22(26(30)28-18-20-10-5-2-6-11-20)16-21-12-7-13-23-24(21)32-15-14-31-23/h1-13,16H,14-15,17-18H2,(H,27,29)(H,28,30). The van der Waals surface area contributed by atoms with Crippen LogP contribution in [0.15, 0.2) is 84.4 Å². The first kappa shape index (κ1) is 21.2. The van der Waals surface area contributed by atoms with Gasteiger partial charge in [-0.05, 0) is 23.3 Å². The van der Waals surface area contributed by atoms with Gasteiger partial charge in [-0.15, -0.1) is 0 Å². The molecule has 0 aliphatic carbocycles. The number of benzene rings is 3. The van der Waals surface area contributed by atoms with Gasteiger partial charge in [0.05, 0.1) is 0 Å². The number of hydrogen-bond acceptors (Lipinski definition) is 4. The molecule has 1 aliphatic heterocycles. The molecule has 0 saturated heterocycles. The van der Waals surface area contributed by atoms with Crippen LogP contribution in [-0.4, -0.2) is 25.0 Å². The Kier molecular flexibility index (Phi) is 6.82. The number of carbonyl (C=O) groups excluding carboxylic acids is 2. The molecule has 0 fully saturated rings. The molecule has 1 aliphatic rings. The monoisotopic (exact) mass is 428 g/mol. The van der Waals surface area contributed by atoms with Gasteiger partial charge in [0.25, 0.3) is 11.8 Å². The summed E-state index contributed by atoms with van der Waals surface area (Å²) in [5.74, 6) is 0.198. The van der Waals surface area contributed by atoms with Gasteiger partial charge in [0, 0.05) is 18.7 Å². The third kappa shape index (κ3) is 5.35. The molecule has 0 saturated carbocycles. The van der Waals surface area contributed by atoms with Crippen molar-refractivity contribution in [3.63, 3.8) is 0 Å². The molecule has 162 valence electrons. The zero-order valence-electron chi connectivity index (χ0n) is 17.5. The van der Waals surface area contributed by atoms with Crippen molar-refractivity contribution in [1.29, 1.82) is 0 Å². The summed E-state index contributed by atoms with van der Waals surface area (Å²) in [4.78, 5) is 26.1. The molecule has 0 aromatic heterocycles. The third-order valence-electron chi connectivity index (χ3n) is 4.98. The molecule has 2 N–H and O–H groups in total. The van der Waals surface area contributed by atoms with Crippen LogP contribution in [0.3, 0.4) is 0 Å². The Bertz CT molecular complexity index is 1050. The Labute approximate surface area is 186 Å². The predicted octanol–water partition coefficient (Wildman–Crippen LogP) is 3.47. The van der Waals surface area contributed by atoms with Crippen LogP contribution in [0.2, 0.25) is 0 Å². The molecule has 0 unspecified atom stereocenters. The quantitative estimate of drug-likeness (QED) is 0.343. The third-order valence-corrected chi connectivity index (χ3v) is 4.98. The summed E-state index contributed by atoms with van der Waals surface area (Å²) in [6.45, 7) is 1.50. The zero-order chi connectivity index (χ0) is 22.2. The average Bonchev–Trinajstić information content (AvgIpc) is 2.85. The lowest BCUT2D eigenvalue weighted by molar-refractivity contribution is -0.123. The van der Waals surface area contributed by atoms with Gasteiger partial charge in [-0.25, -0.2) is 0 Å². The Morgan fingerprint density at radius 1 is 0.719 bits per heavy atom. The van der Waals surface area contributed by atoms with Gasteiger partial charge in [-0.3, -0.25) is 9.59 Å². The minimum Gasteiger partial charge on any atom is -0.486 e.